The topological polar surface area (TPSA) is 69.8 Å². The van der Waals surface area contributed by atoms with Gasteiger partial charge in [-0.25, -0.2) is 4.79 Å². The lowest BCUT2D eigenvalue weighted by atomic mass is 10.0. The number of halogens is 1. The highest BCUT2D eigenvalue weighted by molar-refractivity contribution is 6.36. The number of nitrogens with zero attached hydrogens (tertiary/aromatic N) is 1. The third-order valence-electron chi connectivity index (χ3n) is 3.19. The maximum atomic E-state index is 12.1. The number of aromatic nitrogens is 2. The molecule has 1 heterocycles. The summed E-state index contributed by atoms with van der Waals surface area (Å²) in [5.74, 6) is 0. The largest absolute Gasteiger partial charge is 0.323 e. The highest BCUT2D eigenvalue weighted by atomic mass is 35.5. The minimum Gasteiger partial charge on any atom is -0.307 e. The molecular formula is C15H13ClN4O. The highest BCUT2D eigenvalue weighted by Gasteiger charge is 2.11. The number of anilines is 2. The molecule has 3 aromatic rings. The Morgan fingerprint density at radius 3 is 2.71 bits per heavy atom. The van der Waals surface area contributed by atoms with E-state index in [1.807, 2.05) is 37.3 Å². The number of aryl methyl sites for hydroxylation is 1. The number of urea groups is 1. The van der Waals surface area contributed by atoms with Crippen molar-refractivity contribution in [3.63, 3.8) is 0 Å². The Kier molecular flexibility index (Phi) is 3.50. The average molecular weight is 301 g/mol. The lowest BCUT2D eigenvalue weighted by Crippen LogP contribution is -2.19. The second kappa shape index (κ2) is 5.46. The van der Waals surface area contributed by atoms with Gasteiger partial charge in [-0.2, -0.15) is 5.10 Å². The lowest BCUT2D eigenvalue weighted by Gasteiger charge is -2.13. The van der Waals surface area contributed by atoms with E-state index in [4.69, 9.17) is 11.6 Å². The van der Waals surface area contributed by atoms with Gasteiger partial charge in [0.05, 0.1) is 17.6 Å². The highest BCUT2D eigenvalue weighted by Crippen LogP contribution is 2.33. The van der Waals surface area contributed by atoms with E-state index in [-0.39, 0.29) is 6.03 Å². The fourth-order valence-electron chi connectivity index (χ4n) is 2.22. The number of hydrogen-bond acceptors (Lipinski definition) is 2. The number of benzene rings is 2. The number of H-pyrrole nitrogens is 1. The summed E-state index contributed by atoms with van der Waals surface area (Å²) < 4.78 is 0. The second-order valence-electron chi connectivity index (χ2n) is 4.66. The molecule has 0 bridgehead atoms. The van der Waals surface area contributed by atoms with Crippen LogP contribution in [0.1, 0.15) is 5.56 Å². The van der Waals surface area contributed by atoms with Crippen LogP contribution >= 0.6 is 11.6 Å². The third-order valence-corrected chi connectivity index (χ3v) is 3.50. The molecule has 3 rings (SSSR count). The molecular weight excluding hydrogens is 288 g/mol. The van der Waals surface area contributed by atoms with Crippen LogP contribution in [0.15, 0.2) is 42.7 Å². The number of carbonyl (C=O) groups is 1. The van der Waals surface area contributed by atoms with Gasteiger partial charge in [0.1, 0.15) is 0 Å². The van der Waals surface area contributed by atoms with Crippen LogP contribution < -0.4 is 10.6 Å². The monoisotopic (exact) mass is 300 g/mol. The average Bonchev–Trinajstić information content (AvgIpc) is 2.96. The first-order valence-corrected chi connectivity index (χ1v) is 6.77. The number of carbonyl (C=O) groups excluding carboxylic acids is 1. The minimum atomic E-state index is -0.327. The summed E-state index contributed by atoms with van der Waals surface area (Å²) in [7, 11) is 0. The van der Waals surface area contributed by atoms with E-state index in [1.54, 1.807) is 6.20 Å². The van der Waals surface area contributed by atoms with Crippen molar-refractivity contribution < 1.29 is 4.79 Å². The molecule has 2 amide bonds. The first-order valence-electron chi connectivity index (χ1n) is 6.40. The fourth-order valence-corrected chi connectivity index (χ4v) is 2.55. The Morgan fingerprint density at radius 2 is 2.00 bits per heavy atom. The molecule has 5 nitrogen and oxygen atoms in total. The molecule has 0 aliphatic heterocycles. The third kappa shape index (κ3) is 2.68. The SMILES string of the molecule is Cc1cc(Cl)c2ccccc2c1NC(=O)Nc1cn[nH]c1. The van der Waals surface area contributed by atoms with Crippen molar-refractivity contribution in [1.29, 1.82) is 0 Å². The van der Waals surface area contributed by atoms with E-state index < -0.39 is 0 Å². The molecule has 0 unspecified atom stereocenters. The van der Waals surface area contributed by atoms with Gasteiger partial charge in [0.15, 0.2) is 0 Å². The van der Waals surface area contributed by atoms with Gasteiger partial charge < -0.3 is 10.6 Å². The van der Waals surface area contributed by atoms with Crippen LogP contribution in [0, 0.1) is 6.92 Å². The van der Waals surface area contributed by atoms with Gasteiger partial charge in [-0.3, -0.25) is 5.10 Å². The van der Waals surface area contributed by atoms with Crippen molar-refractivity contribution in [2.75, 3.05) is 10.6 Å². The van der Waals surface area contributed by atoms with Crippen molar-refractivity contribution >= 4 is 39.8 Å². The quantitative estimate of drug-likeness (QED) is 0.665. The first kappa shape index (κ1) is 13.5. The molecule has 0 aliphatic carbocycles. The summed E-state index contributed by atoms with van der Waals surface area (Å²) in [6.07, 6.45) is 3.14. The van der Waals surface area contributed by atoms with Gasteiger partial charge in [-0.05, 0) is 18.6 Å². The Hall–Kier alpha value is -2.53. The van der Waals surface area contributed by atoms with E-state index in [0.717, 1.165) is 22.0 Å². The van der Waals surface area contributed by atoms with Crippen LogP contribution in [-0.4, -0.2) is 16.2 Å². The van der Waals surface area contributed by atoms with E-state index in [0.29, 0.717) is 10.7 Å². The Bertz CT molecular complexity index is 799. The van der Waals surface area contributed by atoms with E-state index in [2.05, 4.69) is 20.8 Å². The molecule has 1 aromatic heterocycles. The van der Waals surface area contributed by atoms with Crippen LogP contribution in [-0.2, 0) is 0 Å². The van der Waals surface area contributed by atoms with Crippen molar-refractivity contribution in [1.82, 2.24) is 10.2 Å². The second-order valence-corrected chi connectivity index (χ2v) is 5.07. The summed E-state index contributed by atoms with van der Waals surface area (Å²) >= 11 is 6.25. The Balaban J connectivity index is 1.95. The predicted octanol–water partition coefficient (Wildman–Crippen LogP) is 4.17. The van der Waals surface area contributed by atoms with Crippen molar-refractivity contribution in [2.24, 2.45) is 0 Å². The van der Waals surface area contributed by atoms with Crippen molar-refractivity contribution in [3.05, 3.63) is 53.3 Å². The molecule has 6 heteroatoms. The van der Waals surface area contributed by atoms with E-state index >= 15 is 0 Å². The van der Waals surface area contributed by atoms with Crippen molar-refractivity contribution in [3.8, 4) is 0 Å². The molecule has 106 valence electrons. The summed E-state index contributed by atoms with van der Waals surface area (Å²) in [6.45, 7) is 1.91. The van der Waals surface area contributed by atoms with Gasteiger partial charge in [0.25, 0.3) is 0 Å². The zero-order chi connectivity index (χ0) is 14.8. The Labute approximate surface area is 126 Å². The van der Waals surface area contributed by atoms with E-state index in [9.17, 15) is 4.79 Å². The normalized spacial score (nSPS) is 10.6. The maximum absolute atomic E-state index is 12.1. The number of hydrogen-bond donors (Lipinski definition) is 3. The van der Waals surface area contributed by atoms with Gasteiger partial charge in [0.2, 0.25) is 0 Å². The van der Waals surface area contributed by atoms with Crippen LogP contribution in [0.3, 0.4) is 0 Å². The molecule has 0 atom stereocenters. The van der Waals surface area contributed by atoms with Gasteiger partial charge in [0, 0.05) is 22.0 Å². The van der Waals surface area contributed by atoms with Crippen molar-refractivity contribution in [2.45, 2.75) is 6.92 Å². The summed E-state index contributed by atoms with van der Waals surface area (Å²) in [5, 5.41) is 14.5. The van der Waals surface area contributed by atoms with Crippen LogP contribution in [0.4, 0.5) is 16.2 Å². The molecule has 2 aromatic carbocycles. The zero-order valence-corrected chi connectivity index (χ0v) is 12.0. The molecule has 0 spiro atoms. The molecule has 21 heavy (non-hydrogen) atoms. The zero-order valence-electron chi connectivity index (χ0n) is 11.3. The number of aromatic amines is 1. The standard InChI is InChI=1S/C15H13ClN4O/c1-9-6-13(16)11-4-2-3-5-12(11)14(9)20-15(21)19-10-7-17-18-8-10/h2-8H,1H3,(H,17,18)(H2,19,20,21). The lowest BCUT2D eigenvalue weighted by molar-refractivity contribution is 0.262. The number of nitrogens with one attached hydrogen (secondary N) is 3. The molecule has 0 radical (unpaired) electrons. The van der Waals surface area contributed by atoms with Gasteiger partial charge >= 0.3 is 6.03 Å². The molecule has 3 N–H and O–H groups in total. The minimum absolute atomic E-state index is 0.327. The number of fused-ring (bicyclic) bond motifs is 1. The first-order chi connectivity index (χ1) is 10.1. The van der Waals surface area contributed by atoms with Gasteiger partial charge in [-0.1, -0.05) is 35.9 Å². The number of rotatable bonds is 2. The molecule has 0 saturated heterocycles. The van der Waals surface area contributed by atoms with Crippen LogP contribution in [0.5, 0.6) is 0 Å². The van der Waals surface area contributed by atoms with Gasteiger partial charge in [-0.15, -0.1) is 0 Å². The molecule has 0 saturated carbocycles. The van der Waals surface area contributed by atoms with Crippen LogP contribution in [0.25, 0.3) is 10.8 Å². The predicted molar refractivity (Wildman–Crippen MR) is 84.9 cm³/mol. The van der Waals surface area contributed by atoms with Crippen LogP contribution in [0.2, 0.25) is 5.02 Å². The summed E-state index contributed by atoms with van der Waals surface area (Å²) in [5.41, 5.74) is 2.25. The maximum Gasteiger partial charge on any atom is 0.323 e. The molecule has 0 fully saturated rings. The number of amides is 2. The molecule has 0 aliphatic rings. The van der Waals surface area contributed by atoms with E-state index in [1.165, 1.54) is 6.20 Å². The smallest absolute Gasteiger partial charge is 0.307 e. The Morgan fingerprint density at radius 1 is 1.24 bits per heavy atom. The summed E-state index contributed by atoms with van der Waals surface area (Å²) in [4.78, 5) is 12.1. The summed E-state index contributed by atoms with van der Waals surface area (Å²) in [6, 6.07) is 9.21. The fraction of sp³-hybridized carbons (Fsp3) is 0.0667.